The first kappa shape index (κ1) is 14.3. The summed E-state index contributed by atoms with van der Waals surface area (Å²) in [5, 5.41) is 0.0103. The van der Waals surface area contributed by atoms with Crippen molar-refractivity contribution < 1.29 is 4.74 Å². The van der Waals surface area contributed by atoms with Crippen molar-refractivity contribution in [3.8, 4) is 0 Å². The summed E-state index contributed by atoms with van der Waals surface area (Å²) in [4.78, 5) is 27.3. The molecular weight excluding hydrogens is 270 g/mol. The van der Waals surface area contributed by atoms with Crippen molar-refractivity contribution in [1.29, 1.82) is 0 Å². The number of nitrogens with one attached hydrogen (secondary N) is 1. The molecule has 19 heavy (non-hydrogen) atoms. The second-order valence-electron chi connectivity index (χ2n) is 4.97. The Labute approximate surface area is 115 Å². The molecule has 0 saturated carbocycles. The fourth-order valence-electron chi connectivity index (χ4n) is 2.16. The zero-order valence-electron chi connectivity index (χ0n) is 11.1. The number of H-pyrrole nitrogens is 1. The summed E-state index contributed by atoms with van der Waals surface area (Å²) < 4.78 is 7.04. The summed E-state index contributed by atoms with van der Waals surface area (Å²) in [6.07, 6.45) is 1.29. The topological polar surface area (TPSA) is 67.3 Å². The van der Waals surface area contributed by atoms with Crippen LogP contribution >= 0.6 is 11.6 Å². The van der Waals surface area contributed by atoms with Gasteiger partial charge in [-0.05, 0) is 13.8 Å². The third-order valence-electron chi connectivity index (χ3n) is 3.27. The molecule has 7 heteroatoms. The summed E-state index contributed by atoms with van der Waals surface area (Å²) in [6.45, 7) is 6.96. The molecule has 1 aliphatic heterocycles. The van der Waals surface area contributed by atoms with Crippen molar-refractivity contribution in [3.05, 3.63) is 32.1 Å². The van der Waals surface area contributed by atoms with E-state index in [9.17, 15) is 9.59 Å². The van der Waals surface area contributed by atoms with Crippen LogP contribution in [0, 0.1) is 0 Å². The predicted molar refractivity (Wildman–Crippen MR) is 72.8 cm³/mol. The fourth-order valence-corrected chi connectivity index (χ4v) is 2.32. The van der Waals surface area contributed by atoms with Crippen LogP contribution in [-0.4, -0.2) is 46.3 Å². The SMILES string of the molecule is CC(C)N1CCOC(Cn2cc(Cl)c(=O)[nH]c2=O)C1. The molecule has 0 amide bonds. The number of hydrogen-bond acceptors (Lipinski definition) is 4. The first-order valence-electron chi connectivity index (χ1n) is 6.32. The van der Waals surface area contributed by atoms with Crippen LogP contribution in [0.2, 0.25) is 5.02 Å². The van der Waals surface area contributed by atoms with Crippen LogP contribution in [0.25, 0.3) is 0 Å². The molecule has 0 bridgehead atoms. The van der Waals surface area contributed by atoms with Crippen molar-refractivity contribution in [3.63, 3.8) is 0 Å². The predicted octanol–water partition coefficient (Wildman–Crippen LogP) is 0.299. The zero-order chi connectivity index (χ0) is 14.0. The molecule has 1 N–H and O–H groups in total. The van der Waals surface area contributed by atoms with E-state index in [4.69, 9.17) is 16.3 Å². The van der Waals surface area contributed by atoms with E-state index in [0.717, 1.165) is 13.1 Å². The number of ether oxygens (including phenoxy) is 1. The van der Waals surface area contributed by atoms with Crippen LogP contribution < -0.4 is 11.2 Å². The maximum atomic E-state index is 11.7. The third kappa shape index (κ3) is 3.46. The van der Waals surface area contributed by atoms with Crippen LogP contribution in [0.5, 0.6) is 0 Å². The van der Waals surface area contributed by atoms with E-state index in [1.165, 1.54) is 10.8 Å². The Kier molecular flexibility index (Phi) is 4.44. The van der Waals surface area contributed by atoms with Gasteiger partial charge >= 0.3 is 5.69 Å². The lowest BCUT2D eigenvalue weighted by molar-refractivity contribution is -0.0461. The molecule has 0 spiro atoms. The maximum Gasteiger partial charge on any atom is 0.328 e. The Balaban J connectivity index is 2.11. The minimum atomic E-state index is -0.559. The lowest BCUT2D eigenvalue weighted by atomic mass is 10.2. The van der Waals surface area contributed by atoms with Crippen LogP contribution in [0.4, 0.5) is 0 Å². The highest BCUT2D eigenvalue weighted by atomic mass is 35.5. The van der Waals surface area contributed by atoms with E-state index in [1.54, 1.807) is 0 Å². The molecule has 1 aromatic heterocycles. The zero-order valence-corrected chi connectivity index (χ0v) is 11.8. The van der Waals surface area contributed by atoms with E-state index < -0.39 is 11.2 Å². The molecule has 1 fully saturated rings. The van der Waals surface area contributed by atoms with E-state index in [1.807, 2.05) is 0 Å². The fraction of sp³-hybridized carbons (Fsp3) is 0.667. The summed E-state index contributed by atoms with van der Waals surface area (Å²) in [6, 6.07) is 0.447. The highest BCUT2D eigenvalue weighted by Gasteiger charge is 2.22. The lowest BCUT2D eigenvalue weighted by Gasteiger charge is -2.35. The summed E-state index contributed by atoms with van der Waals surface area (Å²) in [5.41, 5.74) is -1.02. The Bertz CT molecular complexity index is 552. The van der Waals surface area contributed by atoms with E-state index in [-0.39, 0.29) is 11.1 Å². The van der Waals surface area contributed by atoms with Crippen LogP contribution in [0.3, 0.4) is 0 Å². The van der Waals surface area contributed by atoms with Gasteiger partial charge in [-0.25, -0.2) is 4.79 Å². The minimum absolute atomic E-state index is 0.0103. The minimum Gasteiger partial charge on any atom is -0.374 e. The largest absolute Gasteiger partial charge is 0.374 e. The first-order valence-corrected chi connectivity index (χ1v) is 6.70. The van der Waals surface area contributed by atoms with Gasteiger partial charge in [0.05, 0.1) is 19.3 Å². The van der Waals surface area contributed by atoms with Gasteiger partial charge in [-0.15, -0.1) is 0 Å². The Morgan fingerprint density at radius 1 is 1.53 bits per heavy atom. The van der Waals surface area contributed by atoms with Crippen molar-refractivity contribution in [1.82, 2.24) is 14.5 Å². The standard InChI is InChI=1S/C12H18ClN3O3/c1-8(2)15-3-4-19-9(5-15)6-16-7-10(13)11(17)14-12(16)18/h7-9H,3-6H2,1-2H3,(H,14,17,18). The van der Waals surface area contributed by atoms with E-state index >= 15 is 0 Å². The average molecular weight is 288 g/mol. The van der Waals surface area contributed by atoms with Crippen molar-refractivity contribution in [2.45, 2.75) is 32.5 Å². The first-order chi connectivity index (χ1) is 8.97. The highest BCUT2D eigenvalue weighted by Crippen LogP contribution is 2.10. The number of aromatic nitrogens is 2. The Morgan fingerprint density at radius 2 is 2.26 bits per heavy atom. The molecule has 1 unspecified atom stereocenters. The summed E-state index contributed by atoms with van der Waals surface area (Å²) in [5.74, 6) is 0. The summed E-state index contributed by atoms with van der Waals surface area (Å²) >= 11 is 5.73. The second-order valence-corrected chi connectivity index (χ2v) is 5.38. The molecule has 1 saturated heterocycles. The number of nitrogens with zero attached hydrogens (tertiary/aromatic N) is 2. The normalized spacial score (nSPS) is 20.9. The number of morpholine rings is 1. The molecule has 6 nitrogen and oxygen atoms in total. The Hall–Kier alpha value is -1.11. The third-order valence-corrected chi connectivity index (χ3v) is 3.54. The van der Waals surface area contributed by atoms with Gasteiger partial charge in [-0.2, -0.15) is 0 Å². The van der Waals surface area contributed by atoms with Crippen LogP contribution in [0.15, 0.2) is 15.8 Å². The van der Waals surface area contributed by atoms with Gasteiger partial charge in [-0.3, -0.25) is 19.2 Å². The smallest absolute Gasteiger partial charge is 0.328 e. The quantitative estimate of drug-likeness (QED) is 0.868. The number of hydrogen-bond donors (Lipinski definition) is 1. The van der Waals surface area contributed by atoms with E-state index in [2.05, 4.69) is 23.7 Å². The van der Waals surface area contributed by atoms with Gasteiger partial charge in [0.2, 0.25) is 0 Å². The van der Waals surface area contributed by atoms with Gasteiger partial charge < -0.3 is 4.74 Å². The van der Waals surface area contributed by atoms with Gasteiger partial charge in [-0.1, -0.05) is 11.6 Å². The molecule has 106 valence electrons. The highest BCUT2D eigenvalue weighted by molar-refractivity contribution is 6.30. The van der Waals surface area contributed by atoms with Crippen LogP contribution in [-0.2, 0) is 11.3 Å². The van der Waals surface area contributed by atoms with Gasteiger partial charge in [0.1, 0.15) is 5.02 Å². The van der Waals surface area contributed by atoms with Gasteiger partial charge in [0.15, 0.2) is 0 Å². The molecule has 1 aromatic rings. The van der Waals surface area contributed by atoms with Gasteiger partial charge in [0.25, 0.3) is 5.56 Å². The lowest BCUT2D eigenvalue weighted by Crippen LogP contribution is -2.48. The van der Waals surface area contributed by atoms with Crippen LogP contribution in [0.1, 0.15) is 13.8 Å². The number of aromatic amines is 1. The maximum absolute atomic E-state index is 11.7. The summed E-state index contributed by atoms with van der Waals surface area (Å²) in [7, 11) is 0. The molecular formula is C12H18ClN3O3. The average Bonchev–Trinajstić information content (AvgIpc) is 2.36. The number of rotatable bonds is 3. The monoisotopic (exact) mass is 287 g/mol. The Morgan fingerprint density at radius 3 is 2.95 bits per heavy atom. The van der Waals surface area contributed by atoms with Crippen molar-refractivity contribution in [2.75, 3.05) is 19.7 Å². The molecule has 2 heterocycles. The molecule has 0 aliphatic carbocycles. The molecule has 1 atom stereocenters. The second kappa shape index (κ2) is 5.90. The molecule has 0 radical (unpaired) electrons. The van der Waals surface area contributed by atoms with E-state index in [0.29, 0.717) is 19.2 Å². The molecule has 0 aromatic carbocycles. The van der Waals surface area contributed by atoms with Crippen molar-refractivity contribution >= 4 is 11.6 Å². The molecule has 2 rings (SSSR count). The number of halogens is 1. The van der Waals surface area contributed by atoms with Gasteiger partial charge in [0, 0.05) is 25.3 Å². The molecule has 1 aliphatic rings. The van der Waals surface area contributed by atoms with Crippen molar-refractivity contribution in [2.24, 2.45) is 0 Å².